The summed E-state index contributed by atoms with van der Waals surface area (Å²) in [5.74, 6) is 1.44. The Morgan fingerprint density at radius 2 is 1.69 bits per heavy atom. The van der Waals surface area contributed by atoms with Gasteiger partial charge in [0.1, 0.15) is 11.5 Å². The van der Waals surface area contributed by atoms with E-state index in [-0.39, 0.29) is 0 Å². The minimum Gasteiger partial charge on any atom is -0.497 e. The van der Waals surface area contributed by atoms with Gasteiger partial charge in [-0.1, -0.05) is 0 Å². The van der Waals surface area contributed by atoms with Crippen molar-refractivity contribution in [3.05, 3.63) is 72.9 Å². The lowest BCUT2D eigenvalue weighted by Crippen LogP contribution is -2.23. The maximum Gasteiger partial charge on any atom is 0.124 e. The van der Waals surface area contributed by atoms with E-state index < -0.39 is 0 Å². The summed E-state index contributed by atoms with van der Waals surface area (Å²) in [5, 5.41) is 8.71. The number of benzene rings is 2. The van der Waals surface area contributed by atoms with Gasteiger partial charge in [-0.25, -0.2) is 4.98 Å². The number of ether oxygens (including phenoxy) is 2. The molecule has 0 N–H and O–H groups in total. The van der Waals surface area contributed by atoms with Crippen LogP contribution in [0.1, 0.15) is 5.69 Å². The van der Waals surface area contributed by atoms with Gasteiger partial charge in [0, 0.05) is 66.8 Å². The van der Waals surface area contributed by atoms with Crippen LogP contribution in [0.4, 0.5) is 11.4 Å². The highest BCUT2D eigenvalue weighted by Crippen LogP contribution is 2.34. The lowest BCUT2D eigenvalue weighted by Gasteiger charge is -2.26. The molecule has 0 spiro atoms. The molecule has 5 rings (SSSR count). The summed E-state index contributed by atoms with van der Waals surface area (Å²) in [7, 11) is 5.20. The van der Waals surface area contributed by atoms with Crippen molar-refractivity contribution in [2.75, 3.05) is 25.7 Å². The van der Waals surface area contributed by atoms with Crippen LogP contribution in [0.5, 0.6) is 11.5 Å². The van der Waals surface area contributed by atoms with E-state index in [1.807, 2.05) is 54.5 Å². The van der Waals surface area contributed by atoms with Crippen LogP contribution in [0.25, 0.3) is 22.3 Å². The fourth-order valence-corrected chi connectivity index (χ4v) is 4.04. The zero-order valence-electron chi connectivity index (χ0n) is 20.2. The van der Waals surface area contributed by atoms with E-state index in [4.69, 9.17) is 14.5 Å². The first-order valence-corrected chi connectivity index (χ1v) is 11.3. The molecule has 3 aromatic heterocycles. The molecule has 0 unspecified atom stereocenters. The van der Waals surface area contributed by atoms with Crippen LogP contribution < -0.4 is 14.4 Å². The van der Waals surface area contributed by atoms with Gasteiger partial charge in [0.15, 0.2) is 0 Å². The number of methoxy groups -OCH3 is 2. The van der Waals surface area contributed by atoms with E-state index in [0.29, 0.717) is 13.1 Å². The van der Waals surface area contributed by atoms with Crippen molar-refractivity contribution < 1.29 is 9.47 Å². The molecule has 2 aromatic carbocycles. The number of fused-ring (bicyclic) bond motifs is 1. The molecule has 0 amide bonds. The molecule has 178 valence electrons. The summed E-state index contributed by atoms with van der Waals surface area (Å²) < 4.78 is 14.8. The second-order valence-corrected chi connectivity index (χ2v) is 8.25. The summed E-state index contributed by atoms with van der Waals surface area (Å²) in [6, 6.07) is 14.0. The smallest absolute Gasteiger partial charge is 0.124 e. The summed E-state index contributed by atoms with van der Waals surface area (Å²) in [5.41, 5.74) is 6.38. The van der Waals surface area contributed by atoms with Crippen LogP contribution in [0.2, 0.25) is 0 Å². The van der Waals surface area contributed by atoms with E-state index in [1.165, 1.54) is 0 Å². The van der Waals surface area contributed by atoms with Gasteiger partial charge >= 0.3 is 0 Å². The van der Waals surface area contributed by atoms with Crippen molar-refractivity contribution >= 4 is 22.4 Å². The van der Waals surface area contributed by atoms with Crippen LogP contribution in [0.3, 0.4) is 0 Å². The van der Waals surface area contributed by atoms with Crippen molar-refractivity contribution in [3.63, 3.8) is 0 Å². The van der Waals surface area contributed by atoms with E-state index in [0.717, 1.165) is 50.9 Å². The quantitative estimate of drug-likeness (QED) is 0.333. The molecule has 3 heterocycles. The first-order valence-electron chi connectivity index (χ1n) is 11.3. The molecule has 0 aliphatic carbocycles. The molecule has 0 fully saturated rings. The molecule has 0 saturated carbocycles. The maximum atomic E-state index is 5.54. The van der Waals surface area contributed by atoms with Crippen molar-refractivity contribution in [1.82, 2.24) is 29.5 Å². The topological polar surface area (TPSA) is 83.1 Å². The molecule has 0 aliphatic heterocycles. The Morgan fingerprint density at radius 1 is 0.886 bits per heavy atom. The number of hydrogen-bond acceptors (Lipinski definition) is 7. The van der Waals surface area contributed by atoms with Gasteiger partial charge in [-0.05, 0) is 31.2 Å². The number of nitrogens with zero attached hydrogens (tertiary/aromatic N) is 7. The number of aromatic nitrogens is 6. The van der Waals surface area contributed by atoms with Gasteiger partial charge in [-0.3, -0.25) is 14.3 Å². The second kappa shape index (κ2) is 9.46. The largest absolute Gasteiger partial charge is 0.497 e. The SMILES string of the molecule is COc1cc(OC)cc(N(CCn2nccc2C)c2ccc3ncc(-c4cnn(C)c4)nc3c2)c1. The van der Waals surface area contributed by atoms with Crippen molar-refractivity contribution in [2.45, 2.75) is 13.5 Å². The number of aryl methyl sites for hydroxylation is 2. The highest BCUT2D eigenvalue weighted by atomic mass is 16.5. The summed E-state index contributed by atoms with van der Waals surface area (Å²) in [6.07, 6.45) is 7.33. The minimum absolute atomic E-state index is 0.681. The molecule has 35 heavy (non-hydrogen) atoms. The number of anilines is 2. The van der Waals surface area contributed by atoms with Gasteiger partial charge in [0.25, 0.3) is 0 Å². The Morgan fingerprint density at radius 3 is 2.34 bits per heavy atom. The van der Waals surface area contributed by atoms with Crippen LogP contribution in [0.15, 0.2) is 67.3 Å². The first kappa shape index (κ1) is 22.4. The van der Waals surface area contributed by atoms with Crippen molar-refractivity contribution in [2.24, 2.45) is 7.05 Å². The van der Waals surface area contributed by atoms with Gasteiger partial charge in [-0.2, -0.15) is 10.2 Å². The molecular weight excluding hydrogens is 442 g/mol. The standard InChI is InChI=1S/C26H27N7O2/c1-18-7-8-28-33(18)10-9-32(21-11-22(34-3)14-23(12-21)35-4)20-5-6-24-25(13-20)30-26(16-27-24)19-15-29-31(2)17-19/h5-8,11-17H,9-10H2,1-4H3. The summed E-state index contributed by atoms with van der Waals surface area (Å²) in [4.78, 5) is 11.7. The third-order valence-electron chi connectivity index (χ3n) is 5.95. The Kier molecular flexibility index (Phi) is 6.05. The highest BCUT2D eigenvalue weighted by Gasteiger charge is 2.15. The molecule has 5 aromatic rings. The summed E-state index contributed by atoms with van der Waals surface area (Å²) in [6.45, 7) is 3.44. The van der Waals surface area contributed by atoms with Gasteiger partial charge in [0.2, 0.25) is 0 Å². The molecule has 0 radical (unpaired) electrons. The molecule has 9 heteroatoms. The van der Waals surface area contributed by atoms with E-state index >= 15 is 0 Å². The van der Waals surface area contributed by atoms with Gasteiger partial charge in [0.05, 0.1) is 49.9 Å². The van der Waals surface area contributed by atoms with Crippen molar-refractivity contribution in [1.29, 1.82) is 0 Å². The first-order chi connectivity index (χ1) is 17.0. The van der Waals surface area contributed by atoms with Gasteiger partial charge < -0.3 is 14.4 Å². The Hall–Kier alpha value is -4.40. The molecule has 0 bridgehead atoms. The van der Waals surface area contributed by atoms with Crippen LogP contribution in [0, 0.1) is 6.92 Å². The fourth-order valence-electron chi connectivity index (χ4n) is 4.04. The maximum absolute atomic E-state index is 5.54. The van der Waals surface area contributed by atoms with Crippen LogP contribution >= 0.6 is 0 Å². The Balaban J connectivity index is 1.57. The molecular formula is C26H27N7O2. The molecule has 0 atom stereocenters. The lowest BCUT2D eigenvalue weighted by atomic mass is 10.2. The monoisotopic (exact) mass is 469 g/mol. The summed E-state index contributed by atoms with van der Waals surface area (Å²) >= 11 is 0. The zero-order chi connectivity index (χ0) is 24.4. The zero-order valence-corrected chi connectivity index (χ0v) is 20.2. The Bertz CT molecular complexity index is 1450. The third-order valence-corrected chi connectivity index (χ3v) is 5.95. The van der Waals surface area contributed by atoms with E-state index in [1.54, 1.807) is 31.3 Å². The van der Waals surface area contributed by atoms with E-state index in [2.05, 4.69) is 39.1 Å². The fraction of sp³-hybridized carbons (Fsp3) is 0.231. The normalized spacial score (nSPS) is 11.1. The molecule has 9 nitrogen and oxygen atoms in total. The third kappa shape index (κ3) is 4.65. The van der Waals surface area contributed by atoms with Crippen LogP contribution in [-0.4, -0.2) is 50.3 Å². The predicted molar refractivity (Wildman–Crippen MR) is 135 cm³/mol. The highest BCUT2D eigenvalue weighted by molar-refractivity contribution is 5.82. The predicted octanol–water partition coefficient (Wildman–Crippen LogP) is 4.39. The van der Waals surface area contributed by atoms with Gasteiger partial charge in [-0.15, -0.1) is 0 Å². The minimum atomic E-state index is 0.681. The number of rotatable bonds is 8. The van der Waals surface area contributed by atoms with E-state index in [9.17, 15) is 0 Å². The molecule has 0 aliphatic rings. The van der Waals surface area contributed by atoms with Crippen molar-refractivity contribution in [3.8, 4) is 22.8 Å². The average Bonchev–Trinajstić information content (AvgIpc) is 3.51. The molecule has 0 saturated heterocycles. The van der Waals surface area contributed by atoms with Crippen LogP contribution in [-0.2, 0) is 13.6 Å². The Labute approximate surface area is 203 Å². The lowest BCUT2D eigenvalue weighted by molar-refractivity contribution is 0.394. The average molecular weight is 470 g/mol. The number of hydrogen-bond donors (Lipinski definition) is 0. The second-order valence-electron chi connectivity index (χ2n) is 8.25.